The normalized spacial score (nSPS) is 21.5. The molecule has 1 saturated heterocycles. The number of ether oxygens (including phenoxy) is 1. The Kier molecular flexibility index (Phi) is 5.16. The van der Waals surface area contributed by atoms with Crippen LogP contribution in [0.3, 0.4) is 0 Å². The summed E-state index contributed by atoms with van der Waals surface area (Å²) in [6.45, 7) is 6.53. The number of likely N-dealkylation sites (tertiary alicyclic amines) is 1. The van der Waals surface area contributed by atoms with E-state index >= 15 is 0 Å². The minimum atomic E-state index is -0.317. The summed E-state index contributed by atoms with van der Waals surface area (Å²) in [6.07, 6.45) is 2.03. The van der Waals surface area contributed by atoms with Crippen molar-refractivity contribution in [2.24, 2.45) is 5.92 Å². The van der Waals surface area contributed by atoms with Crippen LogP contribution in [-0.4, -0.2) is 44.5 Å². The lowest BCUT2D eigenvalue weighted by Crippen LogP contribution is -2.26. The summed E-state index contributed by atoms with van der Waals surface area (Å²) in [5, 5.41) is 14.5. The molecular weight excluding hydrogens is 304 g/mol. The van der Waals surface area contributed by atoms with E-state index in [2.05, 4.69) is 41.0 Å². The van der Waals surface area contributed by atoms with Gasteiger partial charge >= 0.3 is 0 Å². The quantitative estimate of drug-likeness (QED) is 0.880. The zero-order valence-electron chi connectivity index (χ0n) is 14.6. The van der Waals surface area contributed by atoms with E-state index in [-0.39, 0.29) is 12.1 Å². The molecule has 2 heterocycles. The van der Waals surface area contributed by atoms with Gasteiger partial charge in [-0.05, 0) is 30.0 Å². The first-order valence-electron chi connectivity index (χ1n) is 8.49. The summed E-state index contributed by atoms with van der Waals surface area (Å²) < 4.78 is 7.31. The SMILES string of the molecule is COc1cccc([C@H]2C[C@@H](O)CN2Cc2ncnn2CC(C)C)c1. The Morgan fingerprint density at radius 1 is 1.38 bits per heavy atom. The van der Waals surface area contributed by atoms with Gasteiger partial charge in [-0.3, -0.25) is 4.90 Å². The zero-order valence-corrected chi connectivity index (χ0v) is 14.6. The van der Waals surface area contributed by atoms with Crippen LogP contribution in [0.1, 0.15) is 37.7 Å². The first kappa shape index (κ1) is 16.9. The van der Waals surface area contributed by atoms with E-state index in [4.69, 9.17) is 4.74 Å². The monoisotopic (exact) mass is 330 g/mol. The van der Waals surface area contributed by atoms with Crippen molar-refractivity contribution in [3.05, 3.63) is 42.0 Å². The van der Waals surface area contributed by atoms with Gasteiger partial charge in [0.1, 0.15) is 17.9 Å². The molecule has 6 nitrogen and oxygen atoms in total. The topological polar surface area (TPSA) is 63.4 Å². The van der Waals surface area contributed by atoms with Gasteiger partial charge in [0.25, 0.3) is 0 Å². The molecule has 0 unspecified atom stereocenters. The highest BCUT2D eigenvalue weighted by Gasteiger charge is 2.33. The van der Waals surface area contributed by atoms with Crippen LogP contribution in [-0.2, 0) is 13.1 Å². The smallest absolute Gasteiger partial charge is 0.141 e. The summed E-state index contributed by atoms with van der Waals surface area (Å²) in [4.78, 5) is 6.70. The average Bonchev–Trinajstić information content (AvgIpc) is 3.14. The maximum Gasteiger partial charge on any atom is 0.141 e. The molecule has 0 bridgehead atoms. The summed E-state index contributed by atoms with van der Waals surface area (Å²) >= 11 is 0. The fourth-order valence-corrected chi connectivity index (χ4v) is 3.34. The number of aromatic nitrogens is 3. The molecule has 2 atom stereocenters. The van der Waals surface area contributed by atoms with Crippen LogP contribution in [0, 0.1) is 5.92 Å². The molecule has 0 saturated carbocycles. The van der Waals surface area contributed by atoms with Crippen LogP contribution in [0.2, 0.25) is 0 Å². The van der Waals surface area contributed by atoms with Crippen molar-refractivity contribution in [1.82, 2.24) is 19.7 Å². The second-order valence-corrected chi connectivity index (χ2v) is 6.86. The molecule has 24 heavy (non-hydrogen) atoms. The molecule has 1 fully saturated rings. The highest BCUT2D eigenvalue weighted by Crippen LogP contribution is 2.34. The Labute approximate surface area is 143 Å². The van der Waals surface area contributed by atoms with Crippen molar-refractivity contribution in [3.63, 3.8) is 0 Å². The van der Waals surface area contributed by atoms with E-state index in [0.29, 0.717) is 19.0 Å². The molecule has 1 aliphatic rings. The number of nitrogens with zero attached hydrogens (tertiary/aromatic N) is 4. The van der Waals surface area contributed by atoms with Gasteiger partial charge in [-0.25, -0.2) is 9.67 Å². The second-order valence-electron chi connectivity index (χ2n) is 6.86. The summed E-state index contributed by atoms with van der Waals surface area (Å²) in [6, 6.07) is 8.25. The second kappa shape index (κ2) is 7.32. The molecular formula is C18H26N4O2. The van der Waals surface area contributed by atoms with Gasteiger partial charge < -0.3 is 9.84 Å². The van der Waals surface area contributed by atoms with E-state index in [1.807, 2.05) is 16.8 Å². The number of hydrogen-bond donors (Lipinski definition) is 1. The van der Waals surface area contributed by atoms with Crippen molar-refractivity contribution in [3.8, 4) is 5.75 Å². The van der Waals surface area contributed by atoms with Crippen molar-refractivity contribution >= 4 is 0 Å². The van der Waals surface area contributed by atoms with Gasteiger partial charge in [0, 0.05) is 19.1 Å². The maximum absolute atomic E-state index is 10.2. The van der Waals surface area contributed by atoms with Gasteiger partial charge in [0.05, 0.1) is 19.8 Å². The Hall–Kier alpha value is -1.92. The number of aliphatic hydroxyl groups is 1. The Bertz CT molecular complexity index is 671. The largest absolute Gasteiger partial charge is 0.497 e. The molecule has 1 aromatic carbocycles. The van der Waals surface area contributed by atoms with Crippen molar-refractivity contribution in [1.29, 1.82) is 0 Å². The van der Waals surface area contributed by atoms with Crippen molar-refractivity contribution in [2.45, 2.75) is 45.5 Å². The molecule has 1 aromatic heterocycles. The van der Waals surface area contributed by atoms with Crippen LogP contribution >= 0.6 is 0 Å². The van der Waals surface area contributed by atoms with Crippen molar-refractivity contribution < 1.29 is 9.84 Å². The highest BCUT2D eigenvalue weighted by molar-refractivity contribution is 5.31. The predicted molar refractivity (Wildman–Crippen MR) is 91.6 cm³/mol. The average molecular weight is 330 g/mol. The Balaban J connectivity index is 1.79. The van der Waals surface area contributed by atoms with E-state index in [1.165, 1.54) is 5.56 Å². The third-order valence-corrected chi connectivity index (χ3v) is 4.44. The third kappa shape index (κ3) is 3.76. The Morgan fingerprint density at radius 3 is 2.96 bits per heavy atom. The number of aliphatic hydroxyl groups excluding tert-OH is 1. The van der Waals surface area contributed by atoms with Gasteiger partial charge in [-0.2, -0.15) is 5.10 Å². The molecule has 3 rings (SSSR count). The lowest BCUT2D eigenvalue weighted by atomic mass is 10.0. The molecule has 130 valence electrons. The fraction of sp³-hybridized carbons (Fsp3) is 0.556. The van der Waals surface area contributed by atoms with Gasteiger partial charge in [0.2, 0.25) is 0 Å². The number of β-amino-alcohol motifs (C(OH)–C–C–N with tert-alkyl or cyclic N) is 1. The number of hydrogen-bond acceptors (Lipinski definition) is 5. The standard InChI is InChI=1S/C18H26N4O2/c1-13(2)9-22-18(19-12-20-22)11-21-10-15(23)8-17(21)14-5-4-6-16(7-14)24-3/h4-7,12-13,15,17,23H,8-11H2,1-3H3/t15-,17-/m1/s1. The Morgan fingerprint density at radius 2 is 2.21 bits per heavy atom. The molecule has 2 aromatic rings. The number of benzene rings is 1. The minimum absolute atomic E-state index is 0.166. The molecule has 1 N–H and O–H groups in total. The van der Waals surface area contributed by atoms with Crippen LogP contribution in [0.25, 0.3) is 0 Å². The molecule has 1 aliphatic heterocycles. The zero-order chi connectivity index (χ0) is 17.1. The number of rotatable bonds is 6. The fourth-order valence-electron chi connectivity index (χ4n) is 3.34. The predicted octanol–water partition coefficient (Wildman–Crippen LogP) is 2.25. The summed E-state index contributed by atoms with van der Waals surface area (Å²) in [7, 11) is 1.68. The molecule has 0 amide bonds. The van der Waals surface area contributed by atoms with Crippen LogP contribution in [0.4, 0.5) is 0 Å². The van der Waals surface area contributed by atoms with Gasteiger partial charge in [0.15, 0.2) is 0 Å². The van der Waals surface area contributed by atoms with Crippen LogP contribution in [0.5, 0.6) is 5.75 Å². The van der Waals surface area contributed by atoms with E-state index in [9.17, 15) is 5.11 Å². The summed E-state index contributed by atoms with van der Waals surface area (Å²) in [5.41, 5.74) is 1.17. The number of methoxy groups -OCH3 is 1. The first-order valence-corrected chi connectivity index (χ1v) is 8.49. The van der Waals surface area contributed by atoms with Gasteiger partial charge in [-0.15, -0.1) is 0 Å². The summed E-state index contributed by atoms with van der Waals surface area (Å²) in [5.74, 6) is 2.31. The highest BCUT2D eigenvalue weighted by atomic mass is 16.5. The van der Waals surface area contributed by atoms with E-state index in [1.54, 1.807) is 13.4 Å². The lowest BCUT2D eigenvalue weighted by Gasteiger charge is -2.24. The van der Waals surface area contributed by atoms with Crippen LogP contribution < -0.4 is 4.74 Å². The van der Waals surface area contributed by atoms with Crippen molar-refractivity contribution in [2.75, 3.05) is 13.7 Å². The van der Waals surface area contributed by atoms with E-state index < -0.39 is 0 Å². The lowest BCUT2D eigenvalue weighted by molar-refractivity contribution is 0.170. The van der Waals surface area contributed by atoms with E-state index in [0.717, 1.165) is 24.5 Å². The molecule has 6 heteroatoms. The molecule has 0 radical (unpaired) electrons. The van der Waals surface area contributed by atoms with Gasteiger partial charge in [-0.1, -0.05) is 26.0 Å². The third-order valence-electron chi connectivity index (χ3n) is 4.44. The minimum Gasteiger partial charge on any atom is -0.497 e. The van der Waals surface area contributed by atoms with Crippen LogP contribution in [0.15, 0.2) is 30.6 Å². The first-order chi connectivity index (χ1) is 11.6. The molecule has 0 spiro atoms. The maximum atomic E-state index is 10.2. The molecule has 0 aliphatic carbocycles.